The highest BCUT2D eigenvalue weighted by molar-refractivity contribution is 5.79. The molecule has 2 atom stereocenters. The summed E-state index contributed by atoms with van der Waals surface area (Å²) in [6, 6.07) is 33.7. The maximum atomic E-state index is 11.0. The van der Waals surface area contributed by atoms with Gasteiger partial charge in [-0.1, -0.05) is 80.1 Å². The summed E-state index contributed by atoms with van der Waals surface area (Å²) in [5.41, 5.74) is 7.16. The largest absolute Gasteiger partial charge is 0.493 e. The van der Waals surface area contributed by atoms with E-state index in [1.54, 1.807) is 13.8 Å². The molecule has 0 spiro atoms. The van der Waals surface area contributed by atoms with E-state index < -0.39 is 17.9 Å². The van der Waals surface area contributed by atoms with Crippen molar-refractivity contribution in [2.75, 3.05) is 6.61 Å². The van der Waals surface area contributed by atoms with Gasteiger partial charge in [0.25, 0.3) is 0 Å². The van der Waals surface area contributed by atoms with Gasteiger partial charge in [-0.2, -0.15) is 0 Å². The lowest BCUT2D eigenvalue weighted by Crippen LogP contribution is -2.12. The smallest absolute Gasteiger partial charge is 0.306 e. The maximum absolute atomic E-state index is 11.0. The predicted octanol–water partition coefficient (Wildman–Crippen LogP) is 9.13. The molecule has 2 aromatic heterocycles. The SMILES string of the molecule is Cc1ccc(Cc2cc3cc(CC(C)C(=O)O)ccc3o2)cc1.Cc1oc(-c2ccccc2)nc1CCOc1ccc(CC(C)C(=O)O)cc1. The summed E-state index contributed by atoms with van der Waals surface area (Å²) in [5.74, 6) is 0.775. The normalized spacial score (nSPS) is 12.2. The van der Waals surface area contributed by atoms with Crippen LogP contribution in [-0.4, -0.2) is 33.7 Å². The number of ether oxygens (including phenoxy) is 1. The highest BCUT2D eigenvalue weighted by atomic mass is 16.5. The van der Waals surface area contributed by atoms with E-state index >= 15 is 0 Å². The van der Waals surface area contributed by atoms with Crippen molar-refractivity contribution in [3.63, 3.8) is 0 Å². The van der Waals surface area contributed by atoms with Gasteiger partial charge < -0.3 is 23.8 Å². The van der Waals surface area contributed by atoms with Crippen LogP contribution in [0.3, 0.4) is 0 Å². The zero-order valence-electron chi connectivity index (χ0n) is 28.9. The molecule has 0 fully saturated rings. The van der Waals surface area contributed by atoms with Crippen LogP contribution >= 0.6 is 0 Å². The van der Waals surface area contributed by atoms with Gasteiger partial charge in [0, 0.05) is 23.8 Å². The molecule has 0 aliphatic carbocycles. The molecule has 6 rings (SSSR count). The fourth-order valence-electron chi connectivity index (χ4n) is 5.50. The summed E-state index contributed by atoms with van der Waals surface area (Å²) in [6.45, 7) is 7.91. The third-order valence-corrected chi connectivity index (χ3v) is 8.50. The van der Waals surface area contributed by atoms with Crippen molar-refractivity contribution in [1.29, 1.82) is 0 Å². The molecule has 258 valence electrons. The number of carbonyl (C=O) groups is 2. The summed E-state index contributed by atoms with van der Waals surface area (Å²) in [4.78, 5) is 26.5. The Balaban J connectivity index is 0.000000197. The molecule has 8 nitrogen and oxygen atoms in total. The highest BCUT2D eigenvalue weighted by Crippen LogP contribution is 2.25. The Hall–Kier alpha value is -5.63. The van der Waals surface area contributed by atoms with Gasteiger partial charge in [-0.15, -0.1) is 0 Å². The number of aliphatic carboxylic acids is 2. The fraction of sp³-hybridized carbons (Fsp3) is 0.262. The number of hydrogen-bond acceptors (Lipinski definition) is 6. The van der Waals surface area contributed by atoms with Crippen LogP contribution in [0.4, 0.5) is 0 Å². The standard InChI is InChI=1S/C22H23NO4.C20H20O3/c1-15(22(24)25)14-17-8-10-19(11-9-17)26-13-12-20-16(2)27-21(23-20)18-6-4-3-5-7-18;1-13-3-5-15(6-4-13)11-18-12-17-10-16(7-8-19(17)23-18)9-14(2)20(21)22/h3-11,15H,12-14H2,1-2H3,(H,24,25);3-8,10,12,14H,9,11H2,1-2H3,(H,21,22). The lowest BCUT2D eigenvalue weighted by Gasteiger charge is -2.08. The van der Waals surface area contributed by atoms with Crippen LogP contribution in [0.15, 0.2) is 112 Å². The Labute approximate surface area is 292 Å². The summed E-state index contributed by atoms with van der Waals surface area (Å²) in [7, 11) is 0. The van der Waals surface area contributed by atoms with E-state index in [1.165, 1.54) is 11.1 Å². The van der Waals surface area contributed by atoms with Crippen LogP contribution in [0.25, 0.3) is 22.4 Å². The van der Waals surface area contributed by atoms with Gasteiger partial charge in [0.05, 0.1) is 24.1 Å². The lowest BCUT2D eigenvalue weighted by atomic mass is 10.0. The van der Waals surface area contributed by atoms with Crippen molar-refractivity contribution >= 4 is 22.9 Å². The van der Waals surface area contributed by atoms with E-state index in [0.29, 0.717) is 31.8 Å². The molecule has 2 heterocycles. The van der Waals surface area contributed by atoms with Crippen molar-refractivity contribution in [1.82, 2.24) is 4.98 Å². The molecule has 50 heavy (non-hydrogen) atoms. The van der Waals surface area contributed by atoms with Gasteiger partial charge in [0.15, 0.2) is 0 Å². The quantitative estimate of drug-likeness (QED) is 0.124. The first kappa shape index (κ1) is 35.7. The molecule has 4 aromatic carbocycles. The van der Waals surface area contributed by atoms with E-state index in [-0.39, 0.29) is 5.92 Å². The molecule has 0 saturated heterocycles. The average molecular weight is 674 g/mol. The molecule has 0 radical (unpaired) electrons. The molecule has 6 aromatic rings. The van der Waals surface area contributed by atoms with Gasteiger partial charge >= 0.3 is 11.9 Å². The first-order valence-electron chi connectivity index (χ1n) is 16.8. The number of aromatic nitrogens is 1. The molecule has 0 saturated carbocycles. The molecule has 2 N–H and O–H groups in total. The van der Waals surface area contributed by atoms with Gasteiger partial charge in [-0.25, -0.2) is 4.98 Å². The van der Waals surface area contributed by atoms with Crippen LogP contribution in [-0.2, 0) is 35.3 Å². The number of benzene rings is 4. The molecule has 0 bridgehead atoms. The minimum Gasteiger partial charge on any atom is -0.493 e. The minimum absolute atomic E-state index is 0.383. The zero-order chi connectivity index (χ0) is 35.6. The van der Waals surface area contributed by atoms with Crippen molar-refractivity contribution < 1.29 is 33.4 Å². The van der Waals surface area contributed by atoms with Gasteiger partial charge in [0.1, 0.15) is 22.9 Å². The summed E-state index contributed by atoms with van der Waals surface area (Å²) in [6.07, 6.45) is 2.45. The maximum Gasteiger partial charge on any atom is 0.306 e. The van der Waals surface area contributed by atoms with Crippen molar-refractivity contribution in [3.8, 4) is 17.2 Å². The third-order valence-electron chi connectivity index (χ3n) is 8.50. The Kier molecular flexibility index (Phi) is 11.9. The number of hydrogen-bond donors (Lipinski definition) is 2. The number of fused-ring (bicyclic) bond motifs is 1. The predicted molar refractivity (Wildman–Crippen MR) is 194 cm³/mol. The van der Waals surface area contributed by atoms with Crippen LogP contribution in [0, 0.1) is 25.7 Å². The Bertz CT molecular complexity index is 2010. The number of furan rings is 1. The van der Waals surface area contributed by atoms with E-state index in [4.69, 9.17) is 23.8 Å². The number of aryl methyl sites for hydroxylation is 2. The van der Waals surface area contributed by atoms with Crippen molar-refractivity contribution in [2.24, 2.45) is 11.8 Å². The molecular formula is C42H43NO7. The molecule has 8 heteroatoms. The second-order valence-corrected chi connectivity index (χ2v) is 12.8. The average Bonchev–Trinajstić information content (AvgIpc) is 3.69. The Morgan fingerprint density at radius 2 is 1.36 bits per heavy atom. The molecule has 0 amide bonds. The number of rotatable bonds is 13. The van der Waals surface area contributed by atoms with Crippen LogP contribution in [0.1, 0.15) is 53.3 Å². The third kappa shape index (κ3) is 9.95. The topological polar surface area (TPSA) is 123 Å². The second kappa shape index (κ2) is 16.7. The number of carboxylic acid groups (broad SMARTS) is 2. The minimum atomic E-state index is -0.784. The summed E-state index contributed by atoms with van der Waals surface area (Å²) >= 11 is 0. The Morgan fingerprint density at radius 3 is 2.02 bits per heavy atom. The molecule has 0 aliphatic rings. The van der Waals surface area contributed by atoms with E-state index in [9.17, 15) is 9.59 Å². The van der Waals surface area contributed by atoms with Gasteiger partial charge in [-0.3, -0.25) is 9.59 Å². The molecule has 2 unspecified atom stereocenters. The molecular weight excluding hydrogens is 630 g/mol. The van der Waals surface area contributed by atoms with Gasteiger partial charge in [-0.05, 0) is 85.8 Å². The second-order valence-electron chi connectivity index (χ2n) is 12.8. The Morgan fingerprint density at radius 1 is 0.740 bits per heavy atom. The monoisotopic (exact) mass is 673 g/mol. The number of carboxylic acids is 2. The first-order chi connectivity index (χ1) is 24.0. The van der Waals surface area contributed by atoms with Gasteiger partial charge in [0.2, 0.25) is 5.89 Å². The van der Waals surface area contributed by atoms with E-state index in [2.05, 4.69) is 36.2 Å². The highest BCUT2D eigenvalue weighted by Gasteiger charge is 2.14. The first-order valence-corrected chi connectivity index (χ1v) is 16.8. The van der Waals surface area contributed by atoms with E-state index in [1.807, 2.05) is 85.8 Å². The number of nitrogens with zero attached hydrogens (tertiary/aromatic N) is 1. The summed E-state index contributed by atoms with van der Waals surface area (Å²) in [5, 5.41) is 19.0. The fourth-order valence-corrected chi connectivity index (χ4v) is 5.50. The molecule has 0 aliphatic heterocycles. The zero-order valence-corrected chi connectivity index (χ0v) is 28.9. The summed E-state index contributed by atoms with van der Waals surface area (Å²) < 4.78 is 17.4. The van der Waals surface area contributed by atoms with Crippen LogP contribution in [0.2, 0.25) is 0 Å². The van der Waals surface area contributed by atoms with Crippen LogP contribution < -0.4 is 4.74 Å². The van der Waals surface area contributed by atoms with Crippen molar-refractivity contribution in [2.45, 2.75) is 53.4 Å². The van der Waals surface area contributed by atoms with Crippen LogP contribution in [0.5, 0.6) is 5.75 Å². The lowest BCUT2D eigenvalue weighted by molar-refractivity contribution is -0.142. The number of oxazole rings is 1. The van der Waals surface area contributed by atoms with Crippen molar-refractivity contribution in [3.05, 3.63) is 143 Å². The van der Waals surface area contributed by atoms with E-state index in [0.717, 1.165) is 57.0 Å².